The van der Waals surface area contributed by atoms with Crippen LogP contribution in [0.5, 0.6) is 5.75 Å². The maximum absolute atomic E-state index is 12.9. The van der Waals surface area contributed by atoms with Gasteiger partial charge >= 0.3 is 12.5 Å². The van der Waals surface area contributed by atoms with Gasteiger partial charge in [0.2, 0.25) is 10.0 Å². The monoisotopic (exact) mass is 587 g/mol. The number of nitrogen functional groups attached to an aromatic ring is 1. The Morgan fingerprint density at radius 2 is 1.65 bits per heavy atom. The van der Waals surface area contributed by atoms with Crippen molar-refractivity contribution < 1.29 is 45.8 Å². The molecule has 4 N–H and O–H groups in total. The topological polar surface area (TPSA) is 167 Å². The van der Waals surface area contributed by atoms with Crippen LogP contribution >= 0.6 is 0 Å². The Hall–Kier alpha value is -3.89. The number of carboxylic acid groups (broad SMARTS) is 1. The van der Waals surface area contributed by atoms with Gasteiger partial charge in [0.25, 0.3) is 5.97 Å². The molecule has 4 rings (SSSR count). The minimum Gasteiger partial charge on any atom is -0.481 e. The summed E-state index contributed by atoms with van der Waals surface area (Å²) in [5.41, 5.74) is 6.62. The molecule has 0 bridgehead atoms. The molecule has 2 saturated heterocycles. The molecular weight excluding hydrogens is 559 g/mol. The molecule has 0 saturated carbocycles. The van der Waals surface area contributed by atoms with Crippen molar-refractivity contribution in [3.63, 3.8) is 0 Å². The maximum Gasteiger partial charge on any atom is 0.573 e. The average Bonchev–Trinajstić information content (AvgIpc) is 3.23. The first-order valence-electron chi connectivity index (χ1n) is 11.9. The predicted molar refractivity (Wildman–Crippen MR) is 137 cm³/mol. The van der Waals surface area contributed by atoms with Crippen LogP contribution in [0.4, 0.5) is 23.7 Å². The first-order valence-corrected chi connectivity index (χ1v) is 13.3. The van der Waals surface area contributed by atoms with E-state index in [1.807, 2.05) is 4.90 Å². The van der Waals surface area contributed by atoms with Gasteiger partial charge in [-0.25, -0.2) is 13.2 Å². The molecule has 0 aliphatic carbocycles. The number of ether oxygens (including phenoxy) is 2. The van der Waals surface area contributed by atoms with E-state index in [9.17, 15) is 26.4 Å². The largest absolute Gasteiger partial charge is 0.573 e. The normalized spacial score (nSPS) is 18.4. The lowest BCUT2D eigenvalue weighted by atomic mass is 10.2. The Balaban J connectivity index is 0.00000103. The number of carbonyl (C=O) groups is 2. The second-order valence-electron chi connectivity index (χ2n) is 8.82. The van der Waals surface area contributed by atoms with Crippen molar-refractivity contribution >= 4 is 33.6 Å². The van der Waals surface area contributed by atoms with Gasteiger partial charge in [-0.2, -0.15) is 4.31 Å². The molecule has 2 aliphatic rings. The summed E-state index contributed by atoms with van der Waals surface area (Å²) in [5, 5.41) is 14.9. The lowest BCUT2D eigenvalue weighted by molar-refractivity contribution is -0.274. The van der Waals surface area contributed by atoms with E-state index < -0.39 is 40.3 Å². The molecule has 2 heterocycles. The van der Waals surface area contributed by atoms with E-state index in [1.54, 1.807) is 24.3 Å². The van der Waals surface area contributed by atoms with Crippen molar-refractivity contribution in [2.45, 2.75) is 24.3 Å². The number of benzene rings is 2. The van der Waals surface area contributed by atoms with Crippen LogP contribution in [-0.4, -0.2) is 92.4 Å². The van der Waals surface area contributed by atoms with Crippen LogP contribution in [0, 0.1) is 5.41 Å². The molecule has 2 aromatic rings. The number of aliphatic carboxylic acids is 1. The smallest absolute Gasteiger partial charge is 0.481 e. The third-order valence-corrected chi connectivity index (χ3v) is 7.77. The number of carbonyl (C=O) groups excluding carboxylic acids is 1. The summed E-state index contributed by atoms with van der Waals surface area (Å²) >= 11 is 0. The minimum absolute atomic E-state index is 0.0722. The van der Waals surface area contributed by atoms with Crippen LogP contribution in [-0.2, 0) is 19.6 Å². The Kier molecular flexibility index (Phi) is 9.60. The second kappa shape index (κ2) is 12.5. The van der Waals surface area contributed by atoms with Gasteiger partial charge in [0.05, 0.1) is 11.4 Å². The zero-order chi connectivity index (χ0) is 29.7. The number of hydrogen-bond donors (Lipinski definition) is 3. The molecule has 1 amide bonds. The highest BCUT2D eigenvalue weighted by Gasteiger charge is 2.36. The van der Waals surface area contributed by atoms with Gasteiger partial charge in [0.15, 0.2) is 0 Å². The number of alkyl halides is 3. The molecule has 2 aromatic carbocycles. The van der Waals surface area contributed by atoms with Gasteiger partial charge < -0.3 is 20.3 Å². The summed E-state index contributed by atoms with van der Waals surface area (Å²) in [6, 6.07) is 10.8. The average molecular weight is 588 g/mol. The van der Waals surface area contributed by atoms with E-state index >= 15 is 0 Å². The van der Waals surface area contributed by atoms with E-state index in [0.29, 0.717) is 37.4 Å². The quantitative estimate of drug-likeness (QED) is 0.325. The minimum atomic E-state index is -4.86. The number of sulfonamides is 1. The zero-order valence-electron chi connectivity index (χ0n) is 21.3. The van der Waals surface area contributed by atoms with Crippen LogP contribution in [0.2, 0.25) is 0 Å². The zero-order valence-corrected chi connectivity index (χ0v) is 22.1. The van der Waals surface area contributed by atoms with Crippen LogP contribution in [0.25, 0.3) is 0 Å². The fourth-order valence-corrected chi connectivity index (χ4v) is 5.47. The lowest BCUT2D eigenvalue weighted by Gasteiger charge is -2.34. The van der Waals surface area contributed by atoms with E-state index in [4.69, 9.17) is 25.8 Å². The standard InChI is InChI=1S/C22H24F3N5O5S.C2H4O2/c23-22(24,25)35-17-5-7-19(8-6-17)36(32,33)29-11-9-28(10-12-29)13-18-14-30(21(31)34-18)16-3-1-15(2-4-16)20(26)27;1-2(3)4/h1-8,18H,9-14H2,(H3,26,27);1H3,(H,3,4). The van der Waals surface area contributed by atoms with Crippen molar-refractivity contribution in [1.29, 1.82) is 5.41 Å². The summed E-state index contributed by atoms with van der Waals surface area (Å²) in [4.78, 5) is 24.7. The molecule has 2 aliphatic heterocycles. The Morgan fingerprint density at radius 1 is 1.10 bits per heavy atom. The number of rotatable bonds is 7. The van der Waals surface area contributed by atoms with Crippen LogP contribution in [0.3, 0.4) is 0 Å². The Labute approximate surface area is 228 Å². The lowest BCUT2D eigenvalue weighted by Crippen LogP contribution is -2.50. The summed E-state index contributed by atoms with van der Waals surface area (Å²) in [7, 11) is -3.88. The molecular formula is C24H28F3N5O7S. The summed E-state index contributed by atoms with van der Waals surface area (Å²) < 4.78 is 73.3. The van der Waals surface area contributed by atoms with Crippen molar-refractivity contribution in [3.05, 3.63) is 54.1 Å². The van der Waals surface area contributed by atoms with E-state index in [-0.39, 0.29) is 23.8 Å². The number of anilines is 1. The number of halogens is 3. The Bertz CT molecular complexity index is 1310. The third kappa shape index (κ3) is 8.30. The fourth-order valence-electron chi connectivity index (χ4n) is 4.05. The number of nitrogens with two attached hydrogens (primary N) is 1. The summed E-state index contributed by atoms with van der Waals surface area (Å²) in [6.07, 6.45) is -5.76. The first-order chi connectivity index (χ1) is 18.7. The van der Waals surface area contributed by atoms with Gasteiger partial charge in [-0.1, -0.05) is 0 Å². The highest BCUT2D eigenvalue weighted by atomic mass is 32.2. The van der Waals surface area contributed by atoms with Crippen molar-refractivity contribution in [3.8, 4) is 5.75 Å². The molecule has 218 valence electrons. The number of nitrogens with zero attached hydrogens (tertiary/aromatic N) is 3. The molecule has 40 heavy (non-hydrogen) atoms. The van der Waals surface area contributed by atoms with Crippen LogP contribution < -0.4 is 15.4 Å². The molecule has 1 atom stereocenters. The van der Waals surface area contributed by atoms with Crippen molar-refractivity contribution in [1.82, 2.24) is 9.21 Å². The van der Waals surface area contributed by atoms with Crippen LogP contribution in [0.15, 0.2) is 53.4 Å². The molecule has 0 spiro atoms. The van der Waals surface area contributed by atoms with E-state index in [2.05, 4.69) is 4.74 Å². The van der Waals surface area contributed by atoms with Gasteiger partial charge in [0.1, 0.15) is 17.7 Å². The highest BCUT2D eigenvalue weighted by molar-refractivity contribution is 7.89. The molecule has 12 nitrogen and oxygen atoms in total. The number of amidine groups is 1. The number of piperazine rings is 1. The van der Waals surface area contributed by atoms with Crippen LogP contribution in [0.1, 0.15) is 12.5 Å². The van der Waals surface area contributed by atoms with E-state index in [0.717, 1.165) is 31.2 Å². The van der Waals surface area contributed by atoms with Crippen molar-refractivity contribution in [2.24, 2.45) is 5.73 Å². The molecule has 0 aromatic heterocycles. The van der Waals surface area contributed by atoms with Gasteiger partial charge in [0, 0.05) is 50.9 Å². The molecule has 16 heteroatoms. The van der Waals surface area contributed by atoms with Crippen molar-refractivity contribution in [2.75, 3.05) is 44.2 Å². The predicted octanol–water partition coefficient (Wildman–Crippen LogP) is 2.29. The van der Waals surface area contributed by atoms with Gasteiger partial charge in [-0.05, 0) is 48.5 Å². The number of nitrogens with one attached hydrogen (secondary N) is 1. The number of carboxylic acids is 1. The molecule has 2 fully saturated rings. The van der Waals surface area contributed by atoms with Gasteiger partial charge in [-0.15, -0.1) is 13.2 Å². The SMILES string of the molecule is CC(=O)O.N=C(N)c1ccc(N2CC(CN3CCN(S(=O)(=O)c4ccc(OC(F)(F)F)cc4)CC3)OC2=O)cc1. The first kappa shape index (κ1) is 30.6. The molecule has 1 unspecified atom stereocenters. The van der Waals surface area contributed by atoms with Gasteiger partial charge in [-0.3, -0.25) is 20.0 Å². The fraction of sp³-hybridized carbons (Fsp3) is 0.375. The van der Waals surface area contributed by atoms with E-state index in [1.165, 1.54) is 9.21 Å². The third-order valence-electron chi connectivity index (χ3n) is 5.85. The highest BCUT2D eigenvalue weighted by Crippen LogP contribution is 2.26. The summed E-state index contributed by atoms with van der Waals surface area (Å²) in [6.45, 7) is 2.99. The maximum atomic E-state index is 12.9. The number of amides is 1. The summed E-state index contributed by atoms with van der Waals surface area (Å²) in [5.74, 6) is -1.40. The Morgan fingerprint density at radius 3 is 2.15 bits per heavy atom. The second-order valence-corrected chi connectivity index (χ2v) is 10.8. The molecule has 0 radical (unpaired) electrons. The number of hydrogen-bond acceptors (Lipinski definition) is 8. The number of cyclic esters (lactones) is 1.